The second-order valence-corrected chi connectivity index (χ2v) is 6.55. The second kappa shape index (κ2) is 9.80. The number of fused-ring (bicyclic) bond motifs is 1. The number of benzene rings is 1. The molecule has 0 fully saturated rings. The first-order chi connectivity index (χ1) is 13.7. The van der Waals surface area contributed by atoms with Crippen LogP contribution < -0.4 is 10.1 Å². The fourth-order valence-corrected chi connectivity index (χ4v) is 3.12. The number of anilines is 1. The van der Waals surface area contributed by atoms with Crippen LogP contribution in [0.3, 0.4) is 0 Å². The highest BCUT2D eigenvalue weighted by atomic mass is 16.5. The van der Waals surface area contributed by atoms with Crippen molar-refractivity contribution in [3.63, 3.8) is 0 Å². The van der Waals surface area contributed by atoms with Gasteiger partial charge in [0.05, 0.1) is 11.9 Å². The van der Waals surface area contributed by atoms with Crippen molar-refractivity contribution in [3.05, 3.63) is 60.8 Å². The van der Waals surface area contributed by atoms with Crippen molar-refractivity contribution < 1.29 is 9.84 Å². The lowest BCUT2D eigenvalue weighted by Gasteiger charge is -2.20. The lowest BCUT2D eigenvalue weighted by molar-refractivity contribution is 0.275. The third kappa shape index (κ3) is 4.84. The molecule has 0 saturated heterocycles. The number of aromatic nitrogens is 3. The van der Waals surface area contributed by atoms with Gasteiger partial charge in [-0.2, -0.15) is 0 Å². The molecule has 2 aromatic heterocycles. The van der Waals surface area contributed by atoms with E-state index in [1.165, 1.54) is 0 Å². The van der Waals surface area contributed by atoms with E-state index in [0.717, 1.165) is 29.3 Å². The molecule has 0 aliphatic heterocycles. The van der Waals surface area contributed by atoms with Gasteiger partial charge in [0, 0.05) is 24.2 Å². The second-order valence-electron chi connectivity index (χ2n) is 6.55. The standard InChI is InChI=1S/C22H26N4O2/c1-3-7-17(11-13-27)25-22-20(14-24-21(4-2)26-22)28-15-19-18-9-6-5-8-16(18)10-12-23-19/h4-6,8-10,12,14,17,27H,2-3,7,11,13,15H2,1H3,(H,24,25,26). The van der Waals surface area contributed by atoms with Gasteiger partial charge in [0.1, 0.15) is 6.61 Å². The molecule has 3 aromatic rings. The molecule has 28 heavy (non-hydrogen) atoms. The molecular formula is C22H26N4O2. The SMILES string of the molecule is C=Cc1ncc(OCc2nccc3ccccc23)c(NC(CCC)CCO)n1. The van der Waals surface area contributed by atoms with Crippen LogP contribution in [0.25, 0.3) is 16.8 Å². The summed E-state index contributed by atoms with van der Waals surface area (Å²) in [4.78, 5) is 13.2. The van der Waals surface area contributed by atoms with Gasteiger partial charge in [0.2, 0.25) is 0 Å². The molecule has 1 unspecified atom stereocenters. The molecule has 6 heteroatoms. The molecule has 2 heterocycles. The van der Waals surface area contributed by atoms with Crippen LogP contribution in [0, 0.1) is 0 Å². The molecule has 146 valence electrons. The van der Waals surface area contributed by atoms with Gasteiger partial charge in [-0.05, 0) is 30.4 Å². The molecule has 0 spiro atoms. The Kier molecular flexibility index (Phi) is 6.92. The number of hydrogen-bond donors (Lipinski definition) is 2. The normalized spacial score (nSPS) is 11.9. The van der Waals surface area contributed by atoms with Crippen LogP contribution in [0.2, 0.25) is 0 Å². The van der Waals surface area contributed by atoms with E-state index in [4.69, 9.17) is 4.74 Å². The molecule has 0 aliphatic carbocycles. The molecule has 0 amide bonds. The first-order valence-electron chi connectivity index (χ1n) is 9.57. The van der Waals surface area contributed by atoms with E-state index >= 15 is 0 Å². The van der Waals surface area contributed by atoms with Gasteiger partial charge >= 0.3 is 0 Å². The molecule has 3 rings (SSSR count). The molecule has 6 nitrogen and oxygen atoms in total. The Morgan fingerprint density at radius 3 is 2.86 bits per heavy atom. The van der Waals surface area contributed by atoms with Gasteiger partial charge in [-0.3, -0.25) is 4.98 Å². The lowest BCUT2D eigenvalue weighted by atomic mass is 10.1. The van der Waals surface area contributed by atoms with Crippen molar-refractivity contribution in [1.29, 1.82) is 0 Å². The Balaban J connectivity index is 1.83. The van der Waals surface area contributed by atoms with E-state index in [2.05, 4.69) is 39.8 Å². The zero-order valence-electron chi connectivity index (χ0n) is 16.1. The van der Waals surface area contributed by atoms with Crippen LogP contribution in [-0.4, -0.2) is 32.7 Å². The molecule has 0 bridgehead atoms. The Hall–Kier alpha value is -2.99. The Bertz CT molecular complexity index is 918. The number of aliphatic hydroxyl groups is 1. The third-order valence-electron chi connectivity index (χ3n) is 4.53. The highest BCUT2D eigenvalue weighted by Crippen LogP contribution is 2.25. The molecule has 0 saturated carbocycles. The van der Waals surface area contributed by atoms with Crippen LogP contribution in [0.1, 0.15) is 37.7 Å². The van der Waals surface area contributed by atoms with Crippen molar-refractivity contribution in [1.82, 2.24) is 15.0 Å². The van der Waals surface area contributed by atoms with Gasteiger partial charge in [0.15, 0.2) is 17.4 Å². The minimum Gasteiger partial charge on any atom is -0.482 e. The topological polar surface area (TPSA) is 80.2 Å². The summed E-state index contributed by atoms with van der Waals surface area (Å²) in [5, 5.41) is 14.9. The molecular weight excluding hydrogens is 352 g/mol. The number of aliphatic hydroxyl groups excluding tert-OH is 1. The lowest BCUT2D eigenvalue weighted by Crippen LogP contribution is -2.22. The number of hydrogen-bond acceptors (Lipinski definition) is 6. The number of rotatable bonds is 10. The quantitative estimate of drug-likeness (QED) is 0.550. The van der Waals surface area contributed by atoms with Crippen LogP contribution in [0.4, 0.5) is 5.82 Å². The van der Waals surface area contributed by atoms with Gasteiger partial charge < -0.3 is 15.2 Å². The van der Waals surface area contributed by atoms with Crippen LogP contribution in [0.15, 0.2) is 49.3 Å². The first-order valence-corrected chi connectivity index (χ1v) is 9.57. The van der Waals surface area contributed by atoms with E-state index < -0.39 is 0 Å². The highest BCUT2D eigenvalue weighted by molar-refractivity contribution is 5.84. The largest absolute Gasteiger partial charge is 0.482 e. The average Bonchev–Trinajstić information content (AvgIpc) is 2.73. The van der Waals surface area contributed by atoms with Crippen LogP contribution in [-0.2, 0) is 6.61 Å². The van der Waals surface area contributed by atoms with E-state index in [0.29, 0.717) is 30.4 Å². The average molecular weight is 378 g/mol. The Morgan fingerprint density at radius 1 is 1.21 bits per heavy atom. The summed E-state index contributed by atoms with van der Waals surface area (Å²) in [6.45, 7) is 6.28. The number of pyridine rings is 1. The van der Waals surface area contributed by atoms with Crippen molar-refractivity contribution >= 4 is 22.7 Å². The maximum absolute atomic E-state index is 9.34. The number of nitrogens with zero attached hydrogens (tertiary/aromatic N) is 3. The van der Waals surface area contributed by atoms with Crippen molar-refractivity contribution in [2.45, 2.75) is 38.8 Å². The van der Waals surface area contributed by atoms with Crippen molar-refractivity contribution in [2.75, 3.05) is 11.9 Å². The summed E-state index contributed by atoms with van der Waals surface area (Å²) in [5.41, 5.74) is 0.859. The molecule has 0 radical (unpaired) electrons. The summed E-state index contributed by atoms with van der Waals surface area (Å²) >= 11 is 0. The summed E-state index contributed by atoms with van der Waals surface area (Å²) in [6.07, 6.45) is 7.62. The Labute approximate surface area is 165 Å². The fraction of sp³-hybridized carbons (Fsp3) is 0.318. The molecule has 2 N–H and O–H groups in total. The monoisotopic (exact) mass is 378 g/mol. The highest BCUT2D eigenvalue weighted by Gasteiger charge is 2.14. The molecule has 1 atom stereocenters. The predicted octanol–water partition coefficient (Wildman–Crippen LogP) is 4.21. The summed E-state index contributed by atoms with van der Waals surface area (Å²) in [6, 6.07) is 10.2. The van der Waals surface area contributed by atoms with Gasteiger partial charge in [-0.1, -0.05) is 44.2 Å². The van der Waals surface area contributed by atoms with Gasteiger partial charge in [-0.25, -0.2) is 9.97 Å². The van der Waals surface area contributed by atoms with Gasteiger partial charge in [-0.15, -0.1) is 0 Å². The van der Waals surface area contributed by atoms with Crippen molar-refractivity contribution in [3.8, 4) is 5.75 Å². The maximum atomic E-state index is 9.34. The third-order valence-corrected chi connectivity index (χ3v) is 4.53. The smallest absolute Gasteiger partial charge is 0.180 e. The summed E-state index contributed by atoms with van der Waals surface area (Å²) in [5.74, 6) is 1.69. The molecule has 0 aliphatic rings. The van der Waals surface area contributed by atoms with E-state index in [1.807, 2.05) is 24.3 Å². The minimum absolute atomic E-state index is 0.112. The summed E-state index contributed by atoms with van der Waals surface area (Å²) < 4.78 is 6.04. The number of ether oxygens (including phenoxy) is 1. The van der Waals surface area contributed by atoms with E-state index in [-0.39, 0.29) is 12.6 Å². The minimum atomic E-state index is 0.112. The van der Waals surface area contributed by atoms with Crippen LogP contribution in [0.5, 0.6) is 5.75 Å². The fourth-order valence-electron chi connectivity index (χ4n) is 3.12. The molecule has 1 aromatic carbocycles. The van der Waals surface area contributed by atoms with Gasteiger partial charge in [0.25, 0.3) is 0 Å². The van der Waals surface area contributed by atoms with Crippen LogP contribution >= 0.6 is 0 Å². The predicted molar refractivity (Wildman–Crippen MR) is 112 cm³/mol. The van der Waals surface area contributed by atoms with E-state index in [1.54, 1.807) is 18.5 Å². The van der Waals surface area contributed by atoms with E-state index in [9.17, 15) is 5.11 Å². The zero-order chi connectivity index (χ0) is 19.8. The summed E-state index contributed by atoms with van der Waals surface area (Å²) in [7, 11) is 0. The first kappa shape index (κ1) is 19.8. The Morgan fingerprint density at radius 2 is 2.07 bits per heavy atom. The zero-order valence-corrected chi connectivity index (χ0v) is 16.1. The van der Waals surface area contributed by atoms with Crippen molar-refractivity contribution in [2.24, 2.45) is 0 Å². The number of nitrogens with one attached hydrogen (secondary N) is 1. The maximum Gasteiger partial charge on any atom is 0.180 e.